The van der Waals surface area contributed by atoms with Crippen LogP contribution in [-0.2, 0) is 0 Å². The zero-order chi connectivity index (χ0) is 33.7. The quantitative estimate of drug-likeness (QED) is 0.180. The normalized spacial score (nSPS) is 12.0. The van der Waals surface area contributed by atoms with Crippen LogP contribution < -0.4 is 0 Å². The molecule has 10 rings (SSSR count). The highest BCUT2D eigenvalue weighted by molar-refractivity contribution is 6.20. The van der Waals surface area contributed by atoms with E-state index in [1.165, 1.54) is 99.1 Å². The number of aryl methyl sites for hydroxylation is 3. The van der Waals surface area contributed by atoms with Crippen molar-refractivity contribution in [3.05, 3.63) is 156 Å². The minimum Gasteiger partial charge on any atom is -0.254 e. The number of rotatable bonds is 3. The summed E-state index contributed by atoms with van der Waals surface area (Å²) in [6, 6.07) is 47.0. The molecule has 0 saturated carbocycles. The fourth-order valence-corrected chi connectivity index (χ4v) is 8.43. The van der Waals surface area contributed by atoms with Crippen molar-refractivity contribution in [3.63, 3.8) is 0 Å². The van der Waals surface area contributed by atoms with E-state index in [4.69, 9.17) is 9.97 Å². The van der Waals surface area contributed by atoms with Gasteiger partial charge in [-0.1, -0.05) is 121 Å². The summed E-state index contributed by atoms with van der Waals surface area (Å²) in [5, 5.41) is 7.49. The zero-order valence-electron chi connectivity index (χ0n) is 28.6. The fraction of sp³-hybridized carbons (Fsp3) is 0.0833. The van der Waals surface area contributed by atoms with Gasteiger partial charge >= 0.3 is 0 Å². The lowest BCUT2D eigenvalue weighted by Crippen LogP contribution is -1.98. The van der Waals surface area contributed by atoms with Crippen LogP contribution in [0.3, 0.4) is 0 Å². The second kappa shape index (κ2) is 10.7. The van der Waals surface area contributed by atoms with Crippen LogP contribution in [-0.4, -0.2) is 9.97 Å². The lowest BCUT2D eigenvalue weighted by molar-refractivity contribution is 1.25. The molecule has 2 aromatic heterocycles. The van der Waals surface area contributed by atoms with E-state index in [0.717, 1.165) is 22.3 Å². The van der Waals surface area contributed by atoms with Gasteiger partial charge in [0.25, 0.3) is 0 Å². The molecule has 9 aromatic rings. The summed E-state index contributed by atoms with van der Waals surface area (Å²) in [5.74, 6) is 0. The van der Waals surface area contributed by atoms with Crippen LogP contribution in [0.4, 0.5) is 0 Å². The Kier molecular flexibility index (Phi) is 6.17. The fourth-order valence-electron chi connectivity index (χ4n) is 8.43. The Hall–Kier alpha value is -6.12. The summed E-state index contributed by atoms with van der Waals surface area (Å²) in [4.78, 5) is 10.2. The van der Waals surface area contributed by atoms with E-state index in [-0.39, 0.29) is 0 Å². The molecule has 7 aromatic carbocycles. The third-order valence-electron chi connectivity index (χ3n) is 11.3. The van der Waals surface area contributed by atoms with Crippen molar-refractivity contribution < 1.29 is 0 Å². The van der Waals surface area contributed by atoms with Gasteiger partial charge in [-0.25, -0.2) is 4.98 Å². The van der Waals surface area contributed by atoms with Crippen LogP contribution in [0, 0.1) is 27.7 Å². The molecule has 0 N–H and O–H groups in total. The van der Waals surface area contributed by atoms with Crippen molar-refractivity contribution in [1.29, 1.82) is 0 Å². The molecule has 0 spiro atoms. The molecular formula is C48H34N2. The van der Waals surface area contributed by atoms with E-state index in [0.29, 0.717) is 0 Å². The van der Waals surface area contributed by atoms with Crippen molar-refractivity contribution in [2.75, 3.05) is 0 Å². The monoisotopic (exact) mass is 638 g/mol. The maximum atomic E-state index is 5.36. The van der Waals surface area contributed by atoms with Crippen LogP contribution in [0.5, 0.6) is 0 Å². The molecule has 0 aliphatic heterocycles. The largest absolute Gasteiger partial charge is 0.254 e. The van der Waals surface area contributed by atoms with Gasteiger partial charge in [0, 0.05) is 22.5 Å². The third kappa shape index (κ3) is 4.02. The Morgan fingerprint density at radius 2 is 0.940 bits per heavy atom. The Bertz CT molecular complexity index is 2880. The van der Waals surface area contributed by atoms with E-state index >= 15 is 0 Å². The molecule has 50 heavy (non-hydrogen) atoms. The van der Waals surface area contributed by atoms with Crippen LogP contribution >= 0.6 is 0 Å². The molecule has 0 saturated heterocycles. The van der Waals surface area contributed by atoms with Crippen LogP contribution in [0.2, 0.25) is 0 Å². The summed E-state index contributed by atoms with van der Waals surface area (Å²) in [7, 11) is 0. The molecule has 2 nitrogen and oxygen atoms in total. The van der Waals surface area contributed by atoms with Gasteiger partial charge in [-0.05, 0) is 122 Å². The van der Waals surface area contributed by atoms with Crippen molar-refractivity contribution >= 4 is 43.4 Å². The first-order valence-electron chi connectivity index (χ1n) is 17.4. The van der Waals surface area contributed by atoms with Crippen LogP contribution in [0.1, 0.15) is 22.3 Å². The van der Waals surface area contributed by atoms with E-state index in [1.807, 2.05) is 6.20 Å². The molecule has 0 unspecified atom stereocenters. The summed E-state index contributed by atoms with van der Waals surface area (Å²) in [6.07, 6.45) is 1.98. The molecular weight excluding hydrogens is 605 g/mol. The Balaban J connectivity index is 1.14. The minimum atomic E-state index is 0.970. The van der Waals surface area contributed by atoms with Gasteiger partial charge in [0.15, 0.2) is 0 Å². The molecule has 2 heterocycles. The smallest absolute Gasteiger partial charge is 0.0975 e. The maximum Gasteiger partial charge on any atom is 0.0975 e. The average molecular weight is 639 g/mol. The molecule has 0 radical (unpaired) electrons. The number of fused-ring (bicyclic) bond motifs is 7. The first kappa shape index (κ1) is 28.9. The maximum absolute atomic E-state index is 5.36. The Morgan fingerprint density at radius 3 is 1.72 bits per heavy atom. The number of nitrogens with zero attached hydrogens (tertiary/aromatic N) is 2. The van der Waals surface area contributed by atoms with E-state index in [9.17, 15) is 0 Å². The third-order valence-corrected chi connectivity index (χ3v) is 11.3. The molecule has 0 bridgehead atoms. The van der Waals surface area contributed by atoms with Gasteiger partial charge in [-0.3, -0.25) is 4.98 Å². The van der Waals surface area contributed by atoms with Crippen LogP contribution in [0.25, 0.3) is 99.1 Å². The molecule has 0 amide bonds. The van der Waals surface area contributed by atoms with Gasteiger partial charge in [0.2, 0.25) is 0 Å². The number of aromatic nitrogens is 2. The lowest BCUT2D eigenvalue weighted by Gasteiger charge is -2.16. The molecule has 1 aliphatic carbocycles. The molecule has 0 atom stereocenters. The van der Waals surface area contributed by atoms with Gasteiger partial charge < -0.3 is 0 Å². The van der Waals surface area contributed by atoms with Gasteiger partial charge in [0.1, 0.15) is 0 Å². The molecule has 2 heteroatoms. The van der Waals surface area contributed by atoms with Crippen LogP contribution in [0.15, 0.2) is 134 Å². The van der Waals surface area contributed by atoms with E-state index in [1.54, 1.807) is 0 Å². The average Bonchev–Trinajstić information content (AvgIpc) is 3.49. The summed E-state index contributed by atoms with van der Waals surface area (Å²) >= 11 is 0. The minimum absolute atomic E-state index is 0.970. The second-order valence-electron chi connectivity index (χ2n) is 13.9. The van der Waals surface area contributed by atoms with Gasteiger partial charge in [-0.15, -0.1) is 0 Å². The SMILES string of the molecule is Cc1cnc2c(ccc3c(C)c(C)c(-c4cccc(-c5cccc6c(-c7ccc8c9c(cccc79)-c7ccccc7-8)cccc56)c4)nc32)c1C. The predicted octanol–water partition coefficient (Wildman–Crippen LogP) is 13.0. The Morgan fingerprint density at radius 1 is 0.380 bits per heavy atom. The number of hydrogen-bond acceptors (Lipinski definition) is 2. The lowest BCUT2D eigenvalue weighted by atomic mass is 9.89. The first-order chi connectivity index (χ1) is 24.5. The number of pyridine rings is 2. The van der Waals surface area contributed by atoms with Gasteiger partial charge in [-0.2, -0.15) is 0 Å². The zero-order valence-corrected chi connectivity index (χ0v) is 28.6. The summed E-state index contributed by atoms with van der Waals surface area (Å²) in [5.41, 5.74) is 19.2. The van der Waals surface area contributed by atoms with Gasteiger partial charge in [0.05, 0.1) is 16.7 Å². The molecule has 1 aliphatic rings. The predicted molar refractivity (Wildman–Crippen MR) is 212 cm³/mol. The number of benzene rings is 7. The Labute approximate surface area is 291 Å². The number of hydrogen-bond donors (Lipinski definition) is 0. The highest BCUT2D eigenvalue weighted by atomic mass is 14.8. The van der Waals surface area contributed by atoms with Crippen molar-refractivity contribution in [1.82, 2.24) is 9.97 Å². The highest BCUT2D eigenvalue weighted by Gasteiger charge is 2.23. The van der Waals surface area contributed by atoms with E-state index in [2.05, 4.69) is 155 Å². The van der Waals surface area contributed by atoms with E-state index < -0.39 is 0 Å². The summed E-state index contributed by atoms with van der Waals surface area (Å²) < 4.78 is 0. The molecule has 236 valence electrons. The van der Waals surface area contributed by atoms with Crippen molar-refractivity contribution in [2.24, 2.45) is 0 Å². The van der Waals surface area contributed by atoms with Crippen molar-refractivity contribution in [2.45, 2.75) is 27.7 Å². The highest BCUT2D eigenvalue weighted by Crippen LogP contribution is 2.50. The molecule has 0 fully saturated rings. The summed E-state index contributed by atoms with van der Waals surface area (Å²) in [6.45, 7) is 8.71. The second-order valence-corrected chi connectivity index (χ2v) is 13.9. The first-order valence-corrected chi connectivity index (χ1v) is 17.4. The standard InChI is InChI=1S/C48H34N2/c1-27-26-49-47-33(28(27)2)21-22-34-29(3)30(4)46(50-48(34)47)32-12-7-11-31(25-32)35-15-8-17-37-36(35)16-9-18-38(37)41-23-24-44-40-14-6-5-13-39(40)42-19-10-20-43(41)45(42)44/h5-26H,1-4H3. The van der Waals surface area contributed by atoms with Crippen molar-refractivity contribution in [3.8, 4) is 55.8 Å². The topological polar surface area (TPSA) is 25.8 Å².